The molecule has 0 bridgehead atoms. The lowest BCUT2D eigenvalue weighted by Gasteiger charge is -2.25. The third-order valence-corrected chi connectivity index (χ3v) is 10.2. The number of hydrogen-bond acceptors (Lipinski definition) is 10. The minimum Gasteiger partial charge on any atom is -0.436 e. The lowest BCUT2D eigenvalue weighted by atomic mass is 10.1. The lowest BCUT2D eigenvalue weighted by Crippen LogP contribution is -2.28. The van der Waals surface area contributed by atoms with Crippen molar-refractivity contribution >= 4 is 56.4 Å². The molecule has 51 heavy (non-hydrogen) atoms. The summed E-state index contributed by atoms with van der Waals surface area (Å²) < 4.78 is 25.2. The molecule has 0 unspecified atom stereocenters. The van der Waals surface area contributed by atoms with Gasteiger partial charge in [-0.25, -0.2) is 15.0 Å². The van der Waals surface area contributed by atoms with Gasteiger partial charge in [0, 0.05) is 61.8 Å². The number of oxazole rings is 2. The Kier molecular flexibility index (Phi) is 9.92. The first-order valence-electron chi connectivity index (χ1n) is 17.7. The van der Waals surface area contributed by atoms with Crippen molar-refractivity contribution in [1.29, 1.82) is 0 Å². The Labute approximate surface area is 300 Å². The third-order valence-electron chi connectivity index (χ3n) is 9.56. The minimum atomic E-state index is 0.418. The number of aryl methyl sites for hydroxylation is 1. The highest BCUT2D eigenvalue weighted by molar-refractivity contribution is 7.98. The van der Waals surface area contributed by atoms with Crippen LogP contribution in [0.4, 0.5) is 11.4 Å². The second-order valence-electron chi connectivity index (χ2n) is 13.0. The smallest absolute Gasteiger partial charge is 0.227 e. The molecule has 0 amide bonds. The molecule has 0 spiro atoms. The summed E-state index contributed by atoms with van der Waals surface area (Å²) in [6, 6.07) is 28.8. The fourth-order valence-corrected chi connectivity index (χ4v) is 7.27. The number of thioether (sulfide) groups is 1. The van der Waals surface area contributed by atoms with E-state index in [0.717, 1.165) is 109 Å². The van der Waals surface area contributed by atoms with Crippen molar-refractivity contribution in [2.24, 2.45) is 0 Å². The summed E-state index contributed by atoms with van der Waals surface area (Å²) in [4.78, 5) is 14.2. The largest absolute Gasteiger partial charge is 0.436 e. The Bertz CT molecular complexity index is 2180. The number of fused-ring (bicyclic) bond motifs is 3. The predicted molar refractivity (Wildman–Crippen MR) is 205 cm³/mol. The normalized spacial score (nSPS) is 15.7. The van der Waals surface area contributed by atoms with Gasteiger partial charge in [-0.2, -0.15) is 11.8 Å². The second-order valence-corrected chi connectivity index (χ2v) is 14.0. The Morgan fingerprint density at radius 1 is 0.725 bits per heavy atom. The van der Waals surface area contributed by atoms with Crippen LogP contribution < -0.4 is 11.1 Å². The fourth-order valence-electron chi connectivity index (χ4n) is 6.88. The van der Waals surface area contributed by atoms with Gasteiger partial charge < -0.3 is 33.9 Å². The predicted octanol–water partition coefficient (Wildman–Crippen LogP) is 8.77. The highest BCUT2D eigenvalue weighted by Crippen LogP contribution is 2.33. The van der Waals surface area contributed by atoms with Gasteiger partial charge in [0.1, 0.15) is 16.9 Å². The Morgan fingerprint density at radius 3 is 1.96 bits per heavy atom. The van der Waals surface area contributed by atoms with Crippen molar-refractivity contribution < 1.29 is 18.3 Å². The number of anilines is 2. The number of ether oxygens (including phenoxy) is 2. The van der Waals surface area contributed by atoms with E-state index in [2.05, 4.69) is 44.3 Å². The molecule has 0 saturated carbocycles. The van der Waals surface area contributed by atoms with Crippen molar-refractivity contribution in [1.82, 2.24) is 19.5 Å². The number of nitrogen functional groups attached to an aromatic ring is 1. The molecule has 4 aromatic carbocycles. The van der Waals surface area contributed by atoms with Crippen LogP contribution in [0.15, 0.2) is 93.8 Å². The third kappa shape index (κ3) is 7.33. The van der Waals surface area contributed by atoms with E-state index >= 15 is 0 Å². The van der Waals surface area contributed by atoms with Crippen LogP contribution in [0.1, 0.15) is 37.5 Å². The molecule has 2 aliphatic heterocycles. The van der Waals surface area contributed by atoms with Gasteiger partial charge in [0.05, 0.1) is 22.4 Å². The molecule has 2 saturated heterocycles. The van der Waals surface area contributed by atoms with E-state index in [0.29, 0.717) is 29.6 Å². The number of para-hydroxylation sites is 4. The van der Waals surface area contributed by atoms with Crippen LogP contribution in [0.5, 0.6) is 0 Å². The van der Waals surface area contributed by atoms with Crippen molar-refractivity contribution in [3.8, 4) is 22.9 Å². The number of nitrogens with two attached hydrogens (primary N) is 1. The Morgan fingerprint density at radius 2 is 1.33 bits per heavy atom. The molecule has 5 heterocycles. The summed E-state index contributed by atoms with van der Waals surface area (Å²) in [5, 5.41) is 3.50. The summed E-state index contributed by atoms with van der Waals surface area (Å²) in [6.07, 6.45) is 7.23. The fraction of sp³-hybridized carbons (Fsp3) is 0.325. The topological polar surface area (TPSA) is 126 Å². The summed E-state index contributed by atoms with van der Waals surface area (Å²) >= 11 is 1.86. The summed E-state index contributed by atoms with van der Waals surface area (Å²) in [5.74, 6) is 3.49. The summed E-state index contributed by atoms with van der Waals surface area (Å²) in [5.41, 5.74) is 15.3. The molecule has 3 aromatic heterocycles. The molecule has 11 heteroatoms. The van der Waals surface area contributed by atoms with Gasteiger partial charge in [-0.1, -0.05) is 24.3 Å². The van der Waals surface area contributed by atoms with Crippen molar-refractivity contribution in [3.63, 3.8) is 0 Å². The number of hydrogen-bond donors (Lipinski definition) is 2. The van der Waals surface area contributed by atoms with Crippen molar-refractivity contribution in [2.75, 3.05) is 49.5 Å². The zero-order chi connectivity index (χ0) is 34.6. The van der Waals surface area contributed by atoms with Gasteiger partial charge in [0.2, 0.25) is 11.8 Å². The van der Waals surface area contributed by atoms with Crippen LogP contribution >= 0.6 is 11.8 Å². The lowest BCUT2D eigenvalue weighted by molar-refractivity contribution is 0.0699. The molecular formula is C40H42N6O4S. The first kappa shape index (κ1) is 33.3. The van der Waals surface area contributed by atoms with Crippen molar-refractivity contribution in [3.05, 3.63) is 90.8 Å². The van der Waals surface area contributed by atoms with Gasteiger partial charge in [0.15, 0.2) is 11.2 Å². The number of rotatable bonds is 8. The van der Waals surface area contributed by atoms with Gasteiger partial charge in [-0.3, -0.25) is 0 Å². The maximum Gasteiger partial charge on any atom is 0.227 e. The van der Waals surface area contributed by atoms with Gasteiger partial charge in [0.25, 0.3) is 0 Å². The zero-order valence-electron chi connectivity index (χ0n) is 28.7. The van der Waals surface area contributed by atoms with Crippen LogP contribution in [0, 0.1) is 0 Å². The molecule has 2 aliphatic rings. The first-order chi connectivity index (χ1) is 25.1. The number of imidazole rings is 1. The highest BCUT2D eigenvalue weighted by Gasteiger charge is 2.22. The molecule has 3 N–H and O–H groups in total. The van der Waals surface area contributed by atoms with E-state index in [9.17, 15) is 0 Å². The quantitative estimate of drug-likeness (QED) is 0.148. The van der Waals surface area contributed by atoms with Gasteiger partial charge in [-0.15, -0.1) is 0 Å². The van der Waals surface area contributed by atoms with E-state index in [1.807, 2.05) is 78.5 Å². The highest BCUT2D eigenvalue weighted by atomic mass is 32.2. The minimum absolute atomic E-state index is 0.418. The first-order valence-corrected chi connectivity index (χ1v) is 19.1. The van der Waals surface area contributed by atoms with E-state index in [-0.39, 0.29) is 0 Å². The number of nitrogens with zero attached hydrogens (tertiary/aromatic N) is 4. The SMILES string of the molecule is CSCCc1nc2cc(-c3nc4ccccc4o3)ccc2n1C1CCOCC1.Nc1cc(-c2nc3ccccc3o2)ccc1NC1CCOCC1. The van der Waals surface area contributed by atoms with Gasteiger partial charge in [-0.05, 0) is 92.6 Å². The average molecular weight is 703 g/mol. The van der Waals surface area contributed by atoms with E-state index < -0.39 is 0 Å². The maximum atomic E-state index is 6.21. The second kappa shape index (κ2) is 15.2. The molecule has 0 atom stereocenters. The monoisotopic (exact) mass is 702 g/mol. The number of nitrogens with one attached hydrogen (secondary N) is 1. The molecular weight excluding hydrogens is 661 g/mol. The number of benzene rings is 4. The Hall–Kier alpha value is -4.84. The standard InChI is InChI=1S/C22H23N3O2S.C18H19N3O2/c1-28-13-10-21-23-18-14-15(22-24-17-4-2-3-5-20(17)27-22)6-7-19(18)25(21)16-8-11-26-12-9-16;19-14-11-12(18-21-16-3-1-2-4-17(16)23-18)5-6-15(14)20-13-7-9-22-10-8-13/h2-7,14,16H,8-13H2,1H3;1-6,11,13,20H,7-10,19H2. The van der Waals surface area contributed by atoms with Crippen molar-refractivity contribution in [2.45, 2.75) is 44.2 Å². The molecule has 9 rings (SSSR count). The molecule has 7 aromatic rings. The molecule has 10 nitrogen and oxygen atoms in total. The molecule has 0 aliphatic carbocycles. The maximum absolute atomic E-state index is 6.21. The number of aromatic nitrogens is 4. The molecule has 262 valence electrons. The zero-order valence-corrected chi connectivity index (χ0v) is 29.5. The Balaban J connectivity index is 0.000000150. The van der Waals surface area contributed by atoms with Crippen LogP contribution in [-0.4, -0.2) is 64.0 Å². The summed E-state index contributed by atoms with van der Waals surface area (Å²) in [6.45, 7) is 3.26. The van der Waals surface area contributed by atoms with Crippen LogP contribution in [0.2, 0.25) is 0 Å². The van der Waals surface area contributed by atoms with Gasteiger partial charge >= 0.3 is 0 Å². The summed E-state index contributed by atoms with van der Waals surface area (Å²) in [7, 11) is 0. The van der Waals surface area contributed by atoms with Crippen LogP contribution in [0.25, 0.3) is 56.1 Å². The van der Waals surface area contributed by atoms with E-state index in [4.69, 9.17) is 29.0 Å². The van der Waals surface area contributed by atoms with Crippen LogP contribution in [-0.2, 0) is 15.9 Å². The molecule has 2 fully saturated rings. The molecule has 0 radical (unpaired) electrons. The van der Waals surface area contributed by atoms with E-state index in [1.165, 1.54) is 11.3 Å². The van der Waals surface area contributed by atoms with Crippen LogP contribution in [0.3, 0.4) is 0 Å². The van der Waals surface area contributed by atoms with E-state index in [1.54, 1.807) is 0 Å². The average Bonchev–Trinajstić information content (AvgIpc) is 3.91.